The molecule has 0 aromatic heterocycles. The van der Waals surface area contributed by atoms with E-state index in [1.54, 1.807) is 0 Å². The van der Waals surface area contributed by atoms with Crippen LogP contribution >= 0.6 is 0 Å². The molecule has 11 heavy (non-hydrogen) atoms. The van der Waals surface area contributed by atoms with Gasteiger partial charge in [-0.05, 0) is 27.2 Å². The van der Waals surface area contributed by atoms with Crippen LogP contribution in [-0.2, 0) is 0 Å². The van der Waals surface area contributed by atoms with Gasteiger partial charge in [0.05, 0.1) is 0 Å². The Morgan fingerprint density at radius 2 is 2.09 bits per heavy atom. The van der Waals surface area contributed by atoms with Crippen molar-refractivity contribution >= 4 is 0 Å². The van der Waals surface area contributed by atoms with Crippen LogP contribution < -0.4 is 5.32 Å². The van der Waals surface area contributed by atoms with Crippen molar-refractivity contribution in [3.63, 3.8) is 0 Å². The molecule has 2 aliphatic rings. The van der Waals surface area contributed by atoms with Gasteiger partial charge in [0.1, 0.15) is 0 Å². The molecule has 0 aliphatic carbocycles. The maximum atomic E-state index is 3.47. The highest BCUT2D eigenvalue weighted by atomic mass is 15.3. The van der Waals surface area contributed by atoms with Gasteiger partial charge < -0.3 is 5.32 Å². The molecule has 0 aromatic rings. The molecular weight excluding hydrogens is 136 g/mol. The van der Waals surface area contributed by atoms with E-state index in [4.69, 9.17) is 0 Å². The normalized spacial score (nSPS) is 38.5. The number of hydrogen-bond acceptors (Lipinski definition) is 2. The summed E-state index contributed by atoms with van der Waals surface area (Å²) in [7, 11) is 0. The highest BCUT2D eigenvalue weighted by molar-refractivity contribution is 5.04. The number of fused-ring (bicyclic) bond motifs is 1. The quantitative estimate of drug-likeness (QED) is 0.556. The van der Waals surface area contributed by atoms with Crippen LogP contribution in [-0.4, -0.2) is 35.6 Å². The predicted molar refractivity (Wildman–Crippen MR) is 46.7 cm³/mol. The van der Waals surface area contributed by atoms with Crippen LogP contribution in [0.4, 0.5) is 0 Å². The van der Waals surface area contributed by atoms with E-state index in [0.29, 0.717) is 5.54 Å². The van der Waals surface area contributed by atoms with Gasteiger partial charge in [-0.25, -0.2) is 0 Å². The third-order valence-corrected chi connectivity index (χ3v) is 3.00. The first-order valence-corrected chi connectivity index (χ1v) is 4.59. The van der Waals surface area contributed by atoms with Crippen molar-refractivity contribution < 1.29 is 0 Å². The first kappa shape index (κ1) is 7.56. The molecule has 2 aliphatic heterocycles. The largest absolute Gasteiger partial charge is 0.311 e. The zero-order valence-electron chi connectivity index (χ0n) is 7.72. The Labute approximate surface area is 69.0 Å². The standard InChI is InChI=1S/C9H18N2/c1-9(2,3)11-5-4-7-8(11)6-10-7/h7-8,10H,4-6H2,1-3H3. The van der Waals surface area contributed by atoms with Gasteiger partial charge in [-0.3, -0.25) is 4.90 Å². The maximum Gasteiger partial charge on any atom is 0.0379 e. The molecule has 0 bridgehead atoms. The van der Waals surface area contributed by atoms with E-state index in [0.717, 1.165) is 12.1 Å². The lowest BCUT2D eigenvalue weighted by atomic mass is 9.98. The van der Waals surface area contributed by atoms with E-state index in [9.17, 15) is 0 Å². The predicted octanol–water partition coefficient (Wildman–Crippen LogP) is 0.831. The third-order valence-electron chi connectivity index (χ3n) is 3.00. The van der Waals surface area contributed by atoms with Gasteiger partial charge in [-0.1, -0.05) is 0 Å². The van der Waals surface area contributed by atoms with Gasteiger partial charge in [0, 0.05) is 30.7 Å². The Kier molecular flexibility index (Phi) is 1.52. The number of nitrogens with one attached hydrogen (secondary N) is 1. The zero-order chi connectivity index (χ0) is 8.06. The highest BCUT2D eigenvalue weighted by Gasteiger charge is 2.44. The van der Waals surface area contributed by atoms with Crippen molar-refractivity contribution in [3.05, 3.63) is 0 Å². The van der Waals surface area contributed by atoms with Crippen molar-refractivity contribution in [3.8, 4) is 0 Å². The molecule has 2 atom stereocenters. The van der Waals surface area contributed by atoms with Crippen molar-refractivity contribution in [2.45, 2.75) is 44.8 Å². The van der Waals surface area contributed by atoms with Gasteiger partial charge in [0.15, 0.2) is 0 Å². The summed E-state index contributed by atoms with van der Waals surface area (Å²) in [4.78, 5) is 2.63. The smallest absolute Gasteiger partial charge is 0.0379 e. The van der Waals surface area contributed by atoms with Crippen LogP contribution in [0.5, 0.6) is 0 Å². The molecule has 0 spiro atoms. The van der Waals surface area contributed by atoms with E-state index in [-0.39, 0.29) is 0 Å². The molecular formula is C9H18N2. The van der Waals surface area contributed by atoms with Crippen LogP contribution in [0.2, 0.25) is 0 Å². The topological polar surface area (TPSA) is 15.3 Å². The molecule has 2 heterocycles. The minimum atomic E-state index is 0.377. The summed E-state index contributed by atoms with van der Waals surface area (Å²) in [5.74, 6) is 0. The Hall–Kier alpha value is -0.0800. The number of hydrogen-bond donors (Lipinski definition) is 1. The van der Waals surface area contributed by atoms with Crippen LogP contribution in [0.1, 0.15) is 27.2 Å². The molecule has 2 fully saturated rings. The second-order valence-corrected chi connectivity index (χ2v) is 4.73. The second kappa shape index (κ2) is 2.20. The van der Waals surface area contributed by atoms with E-state index in [1.165, 1.54) is 19.5 Å². The summed E-state index contributed by atoms with van der Waals surface area (Å²) in [5, 5.41) is 3.47. The molecule has 2 unspecified atom stereocenters. The van der Waals surface area contributed by atoms with Crippen molar-refractivity contribution in [2.75, 3.05) is 13.1 Å². The number of likely N-dealkylation sites (tertiary alicyclic amines) is 1. The monoisotopic (exact) mass is 154 g/mol. The van der Waals surface area contributed by atoms with Crippen LogP contribution in [0.15, 0.2) is 0 Å². The van der Waals surface area contributed by atoms with Crippen LogP contribution in [0.25, 0.3) is 0 Å². The van der Waals surface area contributed by atoms with Crippen molar-refractivity contribution in [2.24, 2.45) is 0 Å². The summed E-state index contributed by atoms with van der Waals surface area (Å²) in [6.07, 6.45) is 1.35. The first-order chi connectivity index (χ1) is 5.09. The molecule has 2 saturated heterocycles. The fraction of sp³-hybridized carbons (Fsp3) is 1.00. The number of rotatable bonds is 0. The first-order valence-electron chi connectivity index (χ1n) is 4.59. The van der Waals surface area contributed by atoms with Gasteiger partial charge >= 0.3 is 0 Å². The molecule has 64 valence electrons. The second-order valence-electron chi connectivity index (χ2n) is 4.73. The Balaban J connectivity index is 2.05. The lowest BCUT2D eigenvalue weighted by molar-refractivity contribution is 0.0816. The Morgan fingerprint density at radius 3 is 2.36 bits per heavy atom. The SMILES string of the molecule is CC(C)(C)N1CCC2NCC21. The highest BCUT2D eigenvalue weighted by Crippen LogP contribution is 2.30. The third kappa shape index (κ3) is 1.09. The summed E-state index contributed by atoms with van der Waals surface area (Å²) < 4.78 is 0. The van der Waals surface area contributed by atoms with Crippen LogP contribution in [0, 0.1) is 0 Å². The van der Waals surface area contributed by atoms with E-state index >= 15 is 0 Å². The maximum absolute atomic E-state index is 3.47. The molecule has 0 amide bonds. The lowest BCUT2D eigenvalue weighted by Crippen LogP contribution is -2.62. The summed E-state index contributed by atoms with van der Waals surface area (Å²) >= 11 is 0. The van der Waals surface area contributed by atoms with Crippen molar-refractivity contribution in [1.82, 2.24) is 10.2 Å². The van der Waals surface area contributed by atoms with Gasteiger partial charge in [-0.2, -0.15) is 0 Å². The fourth-order valence-corrected chi connectivity index (χ4v) is 2.29. The number of nitrogens with zero attached hydrogens (tertiary/aromatic N) is 1. The van der Waals surface area contributed by atoms with E-state index in [2.05, 4.69) is 31.0 Å². The lowest BCUT2D eigenvalue weighted by Gasteiger charge is -2.43. The van der Waals surface area contributed by atoms with Gasteiger partial charge in [0.2, 0.25) is 0 Å². The fourth-order valence-electron chi connectivity index (χ4n) is 2.29. The van der Waals surface area contributed by atoms with Crippen molar-refractivity contribution in [1.29, 1.82) is 0 Å². The molecule has 0 aromatic carbocycles. The van der Waals surface area contributed by atoms with E-state index in [1.807, 2.05) is 0 Å². The molecule has 2 nitrogen and oxygen atoms in total. The minimum Gasteiger partial charge on any atom is -0.311 e. The zero-order valence-corrected chi connectivity index (χ0v) is 7.72. The summed E-state index contributed by atoms with van der Waals surface area (Å²) in [5.41, 5.74) is 0.377. The molecule has 2 heteroatoms. The molecule has 1 N–H and O–H groups in total. The molecule has 0 saturated carbocycles. The van der Waals surface area contributed by atoms with E-state index < -0.39 is 0 Å². The average Bonchev–Trinajstić information content (AvgIpc) is 2.05. The Morgan fingerprint density at radius 1 is 1.36 bits per heavy atom. The minimum absolute atomic E-state index is 0.377. The Bertz CT molecular complexity index is 159. The molecule has 0 radical (unpaired) electrons. The summed E-state index contributed by atoms with van der Waals surface area (Å²) in [6.45, 7) is 9.43. The van der Waals surface area contributed by atoms with Gasteiger partial charge in [0.25, 0.3) is 0 Å². The average molecular weight is 154 g/mol. The van der Waals surface area contributed by atoms with Gasteiger partial charge in [-0.15, -0.1) is 0 Å². The molecule has 2 rings (SSSR count). The van der Waals surface area contributed by atoms with Crippen LogP contribution in [0.3, 0.4) is 0 Å². The summed E-state index contributed by atoms with van der Waals surface area (Å²) in [6, 6.07) is 1.66.